The molecule has 448 valence electrons. The van der Waals surface area contributed by atoms with Crippen molar-refractivity contribution in [3.8, 4) is 0 Å². The van der Waals surface area contributed by atoms with Gasteiger partial charge in [0.15, 0.2) is 6.10 Å². The van der Waals surface area contributed by atoms with Crippen molar-refractivity contribution >= 4 is 17.9 Å². The van der Waals surface area contributed by atoms with E-state index >= 15 is 0 Å². The molecule has 0 aromatic heterocycles. The Bertz CT molecular complexity index is 1530. The largest absolute Gasteiger partial charge is 0.462 e. The summed E-state index contributed by atoms with van der Waals surface area (Å²) in [5, 5.41) is 0. The van der Waals surface area contributed by atoms with Gasteiger partial charge in [-0.05, 0) is 103 Å². The molecule has 0 rings (SSSR count). The molecule has 0 aliphatic rings. The first kappa shape index (κ1) is 74.3. The van der Waals surface area contributed by atoms with E-state index in [9.17, 15) is 14.4 Å². The smallest absolute Gasteiger partial charge is 0.306 e. The summed E-state index contributed by atoms with van der Waals surface area (Å²) in [4.78, 5) is 38.2. The molecule has 6 nitrogen and oxygen atoms in total. The molecule has 1 unspecified atom stereocenters. The van der Waals surface area contributed by atoms with E-state index in [-0.39, 0.29) is 31.1 Å². The molecule has 0 saturated carbocycles. The monoisotopic (exact) mass is 1080 g/mol. The van der Waals surface area contributed by atoms with Crippen LogP contribution in [0.15, 0.2) is 97.2 Å². The van der Waals surface area contributed by atoms with Gasteiger partial charge in [-0.1, -0.05) is 298 Å². The second-order valence-corrected chi connectivity index (χ2v) is 22.0. The van der Waals surface area contributed by atoms with Gasteiger partial charge in [0.25, 0.3) is 0 Å². The second kappa shape index (κ2) is 65.8. The molecule has 1 atom stereocenters. The van der Waals surface area contributed by atoms with E-state index in [1.807, 2.05) is 0 Å². The molecule has 0 aromatic rings. The van der Waals surface area contributed by atoms with Gasteiger partial charge in [0, 0.05) is 19.3 Å². The SMILES string of the molecule is CC/C=C\C/C=C\C/C=C\C/C=C\C/C=C\C/C=C\C/C=C\CCCCCCCC(=O)OCC(COC(=O)CCCCCCCCCC)OC(=O)CCCCCCCCCCCCCCC/C=C\CCCCCCCCCC. The lowest BCUT2D eigenvalue weighted by Gasteiger charge is -2.18. The first-order valence-electron chi connectivity index (χ1n) is 33.2. The number of unbranched alkanes of at least 4 members (excludes halogenated alkanes) is 33. The highest BCUT2D eigenvalue weighted by Crippen LogP contribution is 2.16. The fourth-order valence-corrected chi connectivity index (χ4v) is 9.36. The van der Waals surface area contributed by atoms with Gasteiger partial charge in [0.05, 0.1) is 0 Å². The summed E-state index contributed by atoms with van der Waals surface area (Å²) in [6.07, 6.45) is 88.7. The Labute approximate surface area is 483 Å². The molecule has 0 spiro atoms. The summed E-state index contributed by atoms with van der Waals surface area (Å²) in [6.45, 7) is 6.51. The Morgan fingerprint density at radius 2 is 0.500 bits per heavy atom. The van der Waals surface area contributed by atoms with E-state index in [1.165, 1.54) is 161 Å². The number of esters is 3. The maximum absolute atomic E-state index is 12.9. The van der Waals surface area contributed by atoms with Gasteiger partial charge < -0.3 is 14.2 Å². The number of carbonyl (C=O) groups is 3. The van der Waals surface area contributed by atoms with E-state index in [1.54, 1.807) is 0 Å². The second-order valence-electron chi connectivity index (χ2n) is 22.0. The maximum atomic E-state index is 12.9. The highest BCUT2D eigenvalue weighted by molar-refractivity contribution is 5.71. The van der Waals surface area contributed by atoms with E-state index in [0.717, 1.165) is 122 Å². The fraction of sp³-hybridized carbons (Fsp3) is 0.736. The van der Waals surface area contributed by atoms with Crippen molar-refractivity contribution in [1.29, 1.82) is 0 Å². The van der Waals surface area contributed by atoms with Crippen molar-refractivity contribution < 1.29 is 28.6 Å². The molecule has 0 aromatic carbocycles. The Balaban J connectivity index is 4.21. The van der Waals surface area contributed by atoms with Crippen molar-refractivity contribution in [3.05, 3.63) is 97.2 Å². The maximum Gasteiger partial charge on any atom is 0.306 e. The van der Waals surface area contributed by atoms with E-state index in [2.05, 4.69) is 118 Å². The zero-order valence-electron chi connectivity index (χ0n) is 51.4. The average Bonchev–Trinajstić information content (AvgIpc) is 3.44. The summed E-state index contributed by atoms with van der Waals surface area (Å²) in [5.74, 6) is -0.896. The lowest BCUT2D eigenvalue weighted by atomic mass is 10.0. The number of hydrogen-bond acceptors (Lipinski definition) is 6. The third kappa shape index (κ3) is 63.2. The van der Waals surface area contributed by atoms with Crippen molar-refractivity contribution in [2.45, 2.75) is 329 Å². The number of hydrogen-bond donors (Lipinski definition) is 0. The summed E-state index contributed by atoms with van der Waals surface area (Å²) in [6, 6.07) is 0. The van der Waals surface area contributed by atoms with Gasteiger partial charge in [0.1, 0.15) is 13.2 Å². The summed E-state index contributed by atoms with van der Waals surface area (Å²) < 4.78 is 16.9. The Hall–Kier alpha value is -3.67. The normalized spacial score (nSPS) is 12.7. The van der Waals surface area contributed by atoms with Gasteiger partial charge >= 0.3 is 17.9 Å². The number of allylic oxidation sites excluding steroid dienone is 16. The van der Waals surface area contributed by atoms with Gasteiger partial charge in [-0.15, -0.1) is 0 Å². The van der Waals surface area contributed by atoms with Crippen LogP contribution in [0.25, 0.3) is 0 Å². The Morgan fingerprint density at radius 3 is 0.795 bits per heavy atom. The van der Waals surface area contributed by atoms with Crippen LogP contribution in [-0.4, -0.2) is 37.2 Å². The summed E-state index contributed by atoms with van der Waals surface area (Å²) in [5.41, 5.74) is 0. The molecule has 78 heavy (non-hydrogen) atoms. The minimum absolute atomic E-state index is 0.0816. The van der Waals surface area contributed by atoms with E-state index < -0.39 is 6.10 Å². The van der Waals surface area contributed by atoms with Gasteiger partial charge in [0.2, 0.25) is 0 Å². The molecule has 0 saturated heterocycles. The van der Waals surface area contributed by atoms with Crippen molar-refractivity contribution in [2.24, 2.45) is 0 Å². The highest BCUT2D eigenvalue weighted by Gasteiger charge is 2.19. The quantitative estimate of drug-likeness (QED) is 0.0261. The van der Waals surface area contributed by atoms with Crippen LogP contribution in [0.1, 0.15) is 323 Å². The van der Waals surface area contributed by atoms with Crippen LogP contribution < -0.4 is 0 Å². The van der Waals surface area contributed by atoms with Crippen LogP contribution in [0.4, 0.5) is 0 Å². The first-order chi connectivity index (χ1) is 38.5. The topological polar surface area (TPSA) is 78.9 Å². The molecule has 0 bridgehead atoms. The van der Waals surface area contributed by atoms with Crippen LogP contribution in [0.3, 0.4) is 0 Å². The molecular weight excluding hydrogens is 961 g/mol. The van der Waals surface area contributed by atoms with Crippen LogP contribution in [0.2, 0.25) is 0 Å². The van der Waals surface area contributed by atoms with Crippen LogP contribution in [0.5, 0.6) is 0 Å². The number of carbonyl (C=O) groups excluding carboxylic acids is 3. The first-order valence-corrected chi connectivity index (χ1v) is 33.2. The molecular formula is C72H124O6. The van der Waals surface area contributed by atoms with Gasteiger partial charge in [-0.2, -0.15) is 0 Å². The zero-order chi connectivity index (χ0) is 56.4. The van der Waals surface area contributed by atoms with Gasteiger partial charge in [-0.3, -0.25) is 14.4 Å². The lowest BCUT2D eigenvalue weighted by Crippen LogP contribution is -2.30. The predicted molar refractivity (Wildman–Crippen MR) is 339 cm³/mol. The standard InChI is InChI=1S/C72H124O6/c1-4-7-10-13-16-19-21-23-25-27-29-31-33-35-36-38-39-41-43-45-47-49-51-53-56-59-62-65-71(74)77-68-69(67-76-70(73)64-61-58-55-18-15-12-9-6-3)78-72(75)66-63-60-57-54-52-50-48-46-44-42-40-37-34-32-30-28-26-24-22-20-17-14-11-8-5-2/h7,10,16,19,23,25,28-31,35-36,39,41,45,47,69H,4-6,8-9,11-15,17-18,20-22,24,26-27,32-34,37-38,40,42-44,46,48-68H2,1-3H3/b10-7-,19-16-,25-23-,30-28-,31-29-,36-35-,41-39-,47-45-. The van der Waals surface area contributed by atoms with E-state index in [4.69, 9.17) is 14.2 Å². The molecule has 6 heteroatoms. The number of rotatable bonds is 60. The molecule has 0 aliphatic heterocycles. The molecule has 0 amide bonds. The zero-order valence-corrected chi connectivity index (χ0v) is 51.4. The third-order valence-electron chi connectivity index (χ3n) is 14.3. The highest BCUT2D eigenvalue weighted by atomic mass is 16.6. The van der Waals surface area contributed by atoms with E-state index in [0.29, 0.717) is 19.3 Å². The molecule has 0 heterocycles. The van der Waals surface area contributed by atoms with Crippen molar-refractivity contribution in [1.82, 2.24) is 0 Å². The molecule has 0 N–H and O–H groups in total. The van der Waals surface area contributed by atoms with Crippen LogP contribution >= 0.6 is 0 Å². The minimum atomic E-state index is -0.784. The minimum Gasteiger partial charge on any atom is -0.462 e. The third-order valence-corrected chi connectivity index (χ3v) is 14.3. The number of ether oxygens (including phenoxy) is 3. The fourth-order valence-electron chi connectivity index (χ4n) is 9.36. The van der Waals surface area contributed by atoms with Gasteiger partial charge in [-0.25, -0.2) is 0 Å². The Morgan fingerprint density at radius 1 is 0.269 bits per heavy atom. The lowest BCUT2D eigenvalue weighted by molar-refractivity contribution is -0.167. The molecule has 0 aliphatic carbocycles. The molecule has 0 radical (unpaired) electrons. The van der Waals surface area contributed by atoms with Crippen molar-refractivity contribution in [2.75, 3.05) is 13.2 Å². The summed E-state index contributed by atoms with van der Waals surface area (Å²) in [7, 11) is 0. The summed E-state index contributed by atoms with van der Waals surface area (Å²) >= 11 is 0. The molecule has 0 fully saturated rings. The Kier molecular flexibility index (Phi) is 62.7. The van der Waals surface area contributed by atoms with Crippen LogP contribution in [0, 0.1) is 0 Å². The van der Waals surface area contributed by atoms with Crippen LogP contribution in [-0.2, 0) is 28.6 Å². The predicted octanol–water partition coefficient (Wildman–Crippen LogP) is 22.8. The average molecular weight is 1090 g/mol. The van der Waals surface area contributed by atoms with Crippen molar-refractivity contribution in [3.63, 3.8) is 0 Å².